The first-order chi connectivity index (χ1) is 15.7. The Morgan fingerprint density at radius 1 is 1.03 bits per heavy atom. The zero-order chi connectivity index (χ0) is 24.4. The number of benzene rings is 2. The van der Waals surface area contributed by atoms with E-state index in [0.717, 1.165) is 12.8 Å². The van der Waals surface area contributed by atoms with E-state index in [1.807, 2.05) is 6.92 Å². The molecule has 0 aliphatic carbocycles. The van der Waals surface area contributed by atoms with E-state index in [2.05, 4.69) is 4.99 Å². The summed E-state index contributed by atoms with van der Waals surface area (Å²) >= 11 is 0. The number of hydrogen-bond acceptors (Lipinski definition) is 6. The topological polar surface area (TPSA) is 137 Å². The van der Waals surface area contributed by atoms with Gasteiger partial charge in [0.05, 0.1) is 17.2 Å². The molecule has 0 fully saturated rings. The Morgan fingerprint density at radius 2 is 1.67 bits per heavy atom. The second-order valence-electron chi connectivity index (χ2n) is 7.54. The summed E-state index contributed by atoms with van der Waals surface area (Å²) in [6.45, 7) is 4.07. The van der Waals surface area contributed by atoms with Crippen LogP contribution in [0.5, 0.6) is 5.75 Å². The van der Waals surface area contributed by atoms with E-state index in [-0.39, 0.29) is 18.5 Å². The second kappa shape index (κ2) is 12.2. The smallest absolute Gasteiger partial charge is 0.343 e. The molecule has 2 aromatic rings. The number of esters is 2. The fourth-order valence-corrected chi connectivity index (χ4v) is 2.84. The predicted octanol–water partition coefficient (Wildman–Crippen LogP) is 2.72. The van der Waals surface area contributed by atoms with E-state index in [9.17, 15) is 14.4 Å². The minimum Gasteiger partial charge on any atom is -0.455 e. The van der Waals surface area contributed by atoms with Crippen molar-refractivity contribution in [2.45, 2.75) is 32.6 Å². The van der Waals surface area contributed by atoms with Gasteiger partial charge in [0.15, 0.2) is 12.6 Å². The molecule has 0 bridgehead atoms. The molecule has 176 valence electrons. The first-order valence-corrected chi connectivity index (χ1v) is 10.6. The van der Waals surface area contributed by atoms with Crippen molar-refractivity contribution in [2.75, 3.05) is 20.2 Å². The molecule has 0 aromatic heterocycles. The molecule has 2 rings (SSSR count). The molecule has 1 amide bonds. The van der Waals surface area contributed by atoms with Gasteiger partial charge in [-0.15, -0.1) is 0 Å². The highest BCUT2D eigenvalue weighted by atomic mass is 16.5. The lowest BCUT2D eigenvalue weighted by molar-refractivity contribution is -0.152. The molecule has 33 heavy (non-hydrogen) atoms. The molecule has 0 spiro atoms. The number of hydrogen-bond donors (Lipinski definition) is 2. The second-order valence-corrected chi connectivity index (χ2v) is 7.54. The van der Waals surface area contributed by atoms with Crippen LogP contribution in [0.3, 0.4) is 0 Å². The molecule has 2 aromatic carbocycles. The van der Waals surface area contributed by atoms with Gasteiger partial charge < -0.3 is 25.8 Å². The lowest BCUT2D eigenvalue weighted by Crippen LogP contribution is -2.32. The highest BCUT2D eigenvalue weighted by Gasteiger charge is 2.19. The van der Waals surface area contributed by atoms with Crippen LogP contribution in [-0.2, 0) is 14.3 Å². The summed E-state index contributed by atoms with van der Waals surface area (Å²) in [4.78, 5) is 42.1. The largest absolute Gasteiger partial charge is 0.455 e. The summed E-state index contributed by atoms with van der Waals surface area (Å²) in [5, 5.41) is 0. The minimum absolute atomic E-state index is 0.0746. The standard InChI is InChI=1S/C24H30N4O5/c1-4-5-14-28(3)21(29)15-32-22(30)16(2)17-8-12-20(13-9-17)33-23(31)18-6-10-19(11-7-18)27-24(25)26/h6-13,16H,4-5,14-15H2,1-3H3,(H4,25,26,27). The third-order valence-corrected chi connectivity index (χ3v) is 4.92. The summed E-state index contributed by atoms with van der Waals surface area (Å²) in [5.74, 6) is -1.61. The Bertz CT molecular complexity index is 983. The van der Waals surface area contributed by atoms with Crippen molar-refractivity contribution in [1.29, 1.82) is 0 Å². The van der Waals surface area contributed by atoms with Gasteiger partial charge in [-0.25, -0.2) is 9.79 Å². The third kappa shape index (κ3) is 7.95. The third-order valence-electron chi connectivity index (χ3n) is 4.92. The number of guanidine groups is 1. The molecule has 0 aliphatic rings. The molecule has 9 heteroatoms. The van der Waals surface area contributed by atoms with E-state index in [1.54, 1.807) is 67.4 Å². The van der Waals surface area contributed by atoms with Crippen molar-refractivity contribution in [3.05, 3.63) is 59.7 Å². The van der Waals surface area contributed by atoms with Crippen molar-refractivity contribution in [3.8, 4) is 5.75 Å². The summed E-state index contributed by atoms with van der Waals surface area (Å²) in [6.07, 6.45) is 1.87. The molecule has 0 heterocycles. The fourth-order valence-electron chi connectivity index (χ4n) is 2.84. The molecule has 9 nitrogen and oxygen atoms in total. The molecular weight excluding hydrogens is 424 g/mol. The molecule has 1 unspecified atom stereocenters. The minimum atomic E-state index is -0.577. The van der Waals surface area contributed by atoms with Crippen LogP contribution in [0, 0.1) is 0 Å². The van der Waals surface area contributed by atoms with Gasteiger partial charge in [-0.05, 0) is 55.3 Å². The van der Waals surface area contributed by atoms with E-state index in [0.29, 0.717) is 29.1 Å². The lowest BCUT2D eigenvalue weighted by Gasteiger charge is -2.17. The molecule has 0 radical (unpaired) electrons. The molecule has 0 saturated heterocycles. The summed E-state index contributed by atoms with van der Waals surface area (Å²) < 4.78 is 10.5. The molecule has 0 saturated carbocycles. The van der Waals surface area contributed by atoms with Crippen LogP contribution in [0.2, 0.25) is 0 Å². The van der Waals surface area contributed by atoms with Gasteiger partial charge in [0.2, 0.25) is 0 Å². The van der Waals surface area contributed by atoms with Gasteiger partial charge in [-0.2, -0.15) is 0 Å². The number of amides is 1. The number of aliphatic imine (C=N–C) groups is 1. The van der Waals surface area contributed by atoms with Crippen LogP contribution in [-0.4, -0.2) is 48.9 Å². The highest BCUT2D eigenvalue weighted by molar-refractivity contribution is 5.91. The van der Waals surface area contributed by atoms with Crippen molar-refractivity contribution in [3.63, 3.8) is 0 Å². The maximum atomic E-state index is 12.3. The van der Waals surface area contributed by atoms with Gasteiger partial charge in [0.1, 0.15) is 5.75 Å². The van der Waals surface area contributed by atoms with Gasteiger partial charge in [-0.3, -0.25) is 9.59 Å². The highest BCUT2D eigenvalue weighted by Crippen LogP contribution is 2.22. The Balaban J connectivity index is 1.90. The van der Waals surface area contributed by atoms with Crippen LogP contribution in [0.1, 0.15) is 48.5 Å². The molecule has 4 N–H and O–H groups in total. The molecule has 1 atom stereocenters. The average molecular weight is 455 g/mol. The van der Waals surface area contributed by atoms with E-state index in [4.69, 9.17) is 20.9 Å². The average Bonchev–Trinajstić information content (AvgIpc) is 2.80. The van der Waals surface area contributed by atoms with Crippen molar-refractivity contribution >= 4 is 29.5 Å². The van der Waals surface area contributed by atoms with Gasteiger partial charge in [0.25, 0.3) is 5.91 Å². The van der Waals surface area contributed by atoms with Crippen molar-refractivity contribution in [1.82, 2.24) is 4.90 Å². The molecule has 0 aliphatic heterocycles. The van der Waals surface area contributed by atoms with Gasteiger partial charge in [0, 0.05) is 13.6 Å². The first kappa shape index (κ1) is 25.4. The zero-order valence-electron chi connectivity index (χ0n) is 19.1. The lowest BCUT2D eigenvalue weighted by atomic mass is 10.0. The van der Waals surface area contributed by atoms with Gasteiger partial charge in [-0.1, -0.05) is 25.5 Å². The van der Waals surface area contributed by atoms with Crippen LogP contribution in [0.15, 0.2) is 53.5 Å². The Labute approximate surface area is 193 Å². The maximum absolute atomic E-state index is 12.3. The van der Waals surface area contributed by atoms with Crippen LogP contribution in [0.25, 0.3) is 0 Å². The summed E-state index contributed by atoms with van der Waals surface area (Å²) in [5.41, 5.74) is 12.2. The van der Waals surface area contributed by atoms with Crippen LogP contribution < -0.4 is 16.2 Å². The fraction of sp³-hybridized carbons (Fsp3) is 0.333. The van der Waals surface area contributed by atoms with E-state index >= 15 is 0 Å². The van der Waals surface area contributed by atoms with E-state index in [1.165, 1.54) is 0 Å². The zero-order valence-corrected chi connectivity index (χ0v) is 19.1. The van der Waals surface area contributed by atoms with Crippen molar-refractivity contribution in [2.24, 2.45) is 16.5 Å². The number of carbonyl (C=O) groups excluding carboxylic acids is 3. The number of nitrogens with zero attached hydrogens (tertiary/aromatic N) is 2. The monoisotopic (exact) mass is 454 g/mol. The molecular formula is C24H30N4O5. The predicted molar refractivity (Wildman–Crippen MR) is 125 cm³/mol. The number of unbranched alkanes of at least 4 members (excludes halogenated alkanes) is 1. The quantitative estimate of drug-likeness (QED) is 0.244. The first-order valence-electron chi connectivity index (χ1n) is 10.6. The summed E-state index contributed by atoms with van der Waals surface area (Å²) in [7, 11) is 1.69. The SMILES string of the molecule is CCCCN(C)C(=O)COC(=O)C(C)c1ccc(OC(=O)c2ccc(N=C(N)N)cc2)cc1. The van der Waals surface area contributed by atoms with E-state index < -0.39 is 17.9 Å². The number of ether oxygens (including phenoxy) is 2. The van der Waals surface area contributed by atoms with Crippen molar-refractivity contribution < 1.29 is 23.9 Å². The number of nitrogens with two attached hydrogens (primary N) is 2. The Hall–Kier alpha value is -3.88. The number of likely N-dealkylation sites (N-methyl/N-ethyl adjacent to an activating group) is 1. The van der Waals surface area contributed by atoms with Crippen LogP contribution in [0.4, 0.5) is 5.69 Å². The normalized spacial score (nSPS) is 11.2. The Kier molecular flexibility index (Phi) is 9.41. The Morgan fingerprint density at radius 3 is 2.24 bits per heavy atom. The number of rotatable bonds is 10. The van der Waals surface area contributed by atoms with Crippen LogP contribution >= 0.6 is 0 Å². The summed E-state index contributed by atoms with van der Waals surface area (Å²) in [6, 6.07) is 12.8. The number of carbonyl (C=O) groups is 3. The maximum Gasteiger partial charge on any atom is 0.343 e. The van der Waals surface area contributed by atoms with Gasteiger partial charge >= 0.3 is 11.9 Å².